The van der Waals surface area contributed by atoms with E-state index in [2.05, 4.69) is 24.4 Å². The van der Waals surface area contributed by atoms with E-state index in [9.17, 15) is 0 Å². The summed E-state index contributed by atoms with van der Waals surface area (Å²) in [5.74, 6) is 0. The molecule has 0 aromatic heterocycles. The van der Waals surface area contributed by atoms with Gasteiger partial charge < -0.3 is 4.90 Å². The summed E-state index contributed by atoms with van der Waals surface area (Å²) in [4.78, 5) is 2.70. The lowest BCUT2D eigenvalue weighted by Gasteiger charge is -2.25. The van der Waals surface area contributed by atoms with E-state index in [1.54, 1.807) is 5.57 Å². The number of hydrogen-bond acceptors (Lipinski definition) is 1. The first-order valence-electron chi connectivity index (χ1n) is 7.27. The van der Waals surface area contributed by atoms with E-state index in [-0.39, 0.29) is 9.52 Å². The molecule has 0 N–H and O–H groups in total. The summed E-state index contributed by atoms with van der Waals surface area (Å²) in [6, 6.07) is 0. The van der Waals surface area contributed by atoms with Crippen molar-refractivity contribution in [2.75, 3.05) is 19.3 Å². The van der Waals surface area contributed by atoms with Gasteiger partial charge >= 0.3 is 0 Å². The molecule has 1 aliphatic rings. The molecular formula is C14H29NSi. The van der Waals surface area contributed by atoms with Crippen LogP contribution in [0.15, 0.2) is 11.3 Å². The number of piperidine rings is 1. The van der Waals surface area contributed by atoms with Gasteiger partial charge in [-0.15, -0.1) is 5.70 Å². The Morgan fingerprint density at radius 1 is 1.06 bits per heavy atom. The Bertz CT molecular complexity index is 187. The van der Waals surface area contributed by atoms with Gasteiger partial charge in [0, 0.05) is 0 Å². The van der Waals surface area contributed by atoms with Gasteiger partial charge in [0.1, 0.15) is 0 Å². The molecular weight excluding hydrogens is 210 g/mol. The molecule has 0 spiro atoms. The van der Waals surface area contributed by atoms with Crippen molar-refractivity contribution in [3.05, 3.63) is 11.3 Å². The summed E-state index contributed by atoms with van der Waals surface area (Å²) >= 11 is 0. The third-order valence-corrected chi connectivity index (χ3v) is 5.23. The topological polar surface area (TPSA) is 3.24 Å². The van der Waals surface area contributed by atoms with Gasteiger partial charge in [0.25, 0.3) is 0 Å². The summed E-state index contributed by atoms with van der Waals surface area (Å²) in [5, 5.41) is 0. The van der Waals surface area contributed by atoms with Crippen LogP contribution in [0.5, 0.6) is 0 Å². The molecule has 0 aliphatic carbocycles. The fraction of sp³-hybridized carbons (Fsp3) is 0.857. The number of nitrogens with zero attached hydrogens (tertiary/aromatic N) is 1. The molecule has 94 valence electrons. The molecule has 0 atom stereocenters. The van der Waals surface area contributed by atoms with Crippen LogP contribution in [-0.2, 0) is 0 Å². The van der Waals surface area contributed by atoms with Crippen molar-refractivity contribution in [3.63, 3.8) is 0 Å². The maximum Gasteiger partial charge on any atom is 0.0611 e. The summed E-state index contributed by atoms with van der Waals surface area (Å²) in [6.45, 7) is 7.35. The molecule has 16 heavy (non-hydrogen) atoms. The maximum absolute atomic E-state index is 2.70. The van der Waals surface area contributed by atoms with E-state index in [4.69, 9.17) is 0 Å². The highest BCUT2D eigenvalue weighted by Gasteiger charge is 2.08. The predicted octanol–water partition coefficient (Wildman–Crippen LogP) is 3.08. The lowest BCUT2D eigenvalue weighted by atomic mass is 10.1. The van der Waals surface area contributed by atoms with Gasteiger partial charge in [-0.3, -0.25) is 0 Å². The number of allylic oxidation sites excluding steroid dienone is 1. The molecule has 1 heterocycles. The first-order chi connectivity index (χ1) is 7.86. The third kappa shape index (κ3) is 5.85. The Morgan fingerprint density at radius 3 is 2.25 bits per heavy atom. The van der Waals surface area contributed by atoms with Gasteiger partial charge in [0.2, 0.25) is 0 Å². The maximum atomic E-state index is 2.70. The summed E-state index contributed by atoms with van der Waals surface area (Å²) < 4.78 is 0. The van der Waals surface area contributed by atoms with Crippen molar-refractivity contribution in [1.29, 1.82) is 0 Å². The predicted molar refractivity (Wildman–Crippen MR) is 76.7 cm³/mol. The Hall–Kier alpha value is -0.0831. The molecule has 0 radical (unpaired) electrons. The van der Waals surface area contributed by atoms with Gasteiger partial charge in [-0.1, -0.05) is 38.7 Å². The van der Waals surface area contributed by atoms with Crippen molar-refractivity contribution in [1.82, 2.24) is 4.90 Å². The van der Waals surface area contributed by atoms with Gasteiger partial charge in [-0.25, -0.2) is 0 Å². The fourth-order valence-corrected chi connectivity index (χ4v) is 4.36. The highest BCUT2D eigenvalue weighted by Crippen LogP contribution is 2.12. The summed E-state index contributed by atoms with van der Waals surface area (Å²) in [5.41, 5.74) is 4.41. The Balaban J connectivity index is 2.20. The second-order valence-corrected chi connectivity index (χ2v) is 6.49. The minimum Gasteiger partial charge on any atom is -0.306 e. The highest BCUT2D eigenvalue weighted by molar-refractivity contribution is 6.42. The monoisotopic (exact) mass is 239 g/mol. The standard InChI is InChI=1S/C14H29NSi/c1-3-8-14(9-4-2)12-16-13-15-10-6-5-7-11-15/h12H,3-11,13,16H2,1-2H3. The molecule has 2 heteroatoms. The van der Waals surface area contributed by atoms with E-state index < -0.39 is 0 Å². The van der Waals surface area contributed by atoms with Crippen molar-refractivity contribution < 1.29 is 0 Å². The average molecular weight is 239 g/mol. The molecule has 0 aromatic rings. The average Bonchev–Trinajstić information content (AvgIpc) is 2.31. The van der Waals surface area contributed by atoms with Gasteiger partial charge in [0.05, 0.1) is 9.52 Å². The Kier molecular flexibility index (Phi) is 7.86. The zero-order valence-electron chi connectivity index (χ0n) is 11.3. The van der Waals surface area contributed by atoms with Gasteiger partial charge in [0.15, 0.2) is 0 Å². The zero-order valence-corrected chi connectivity index (χ0v) is 12.7. The van der Waals surface area contributed by atoms with E-state index in [0.717, 1.165) is 0 Å². The van der Waals surface area contributed by atoms with Crippen LogP contribution >= 0.6 is 0 Å². The molecule has 0 bridgehead atoms. The second-order valence-electron chi connectivity index (χ2n) is 5.05. The quantitative estimate of drug-likeness (QED) is 0.617. The molecule has 0 unspecified atom stereocenters. The largest absolute Gasteiger partial charge is 0.306 e. The van der Waals surface area contributed by atoms with Crippen LogP contribution in [0.1, 0.15) is 58.8 Å². The number of likely N-dealkylation sites (tertiary alicyclic amines) is 1. The molecule has 1 rings (SSSR count). The van der Waals surface area contributed by atoms with Crippen LogP contribution in [0.25, 0.3) is 0 Å². The zero-order chi connectivity index (χ0) is 11.6. The fourth-order valence-electron chi connectivity index (χ4n) is 2.61. The first kappa shape index (κ1) is 14.0. The highest BCUT2D eigenvalue weighted by atomic mass is 28.2. The Labute approximate surface area is 104 Å². The van der Waals surface area contributed by atoms with E-state index >= 15 is 0 Å². The summed E-state index contributed by atoms with van der Waals surface area (Å²) in [7, 11) is 0.0423. The minimum absolute atomic E-state index is 0.0423. The molecule has 1 nitrogen and oxygen atoms in total. The number of hydrogen-bond donors (Lipinski definition) is 0. The molecule has 1 aliphatic heterocycles. The van der Waals surface area contributed by atoms with Crippen LogP contribution in [-0.4, -0.2) is 33.7 Å². The lowest BCUT2D eigenvalue weighted by molar-refractivity contribution is 0.262. The Morgan fingerprint density at radius 2 is 1.69 bits per heavy atom. The SMILES string of the molecule is CCCC(=C[SiH2]CN1CCCCC1)CCC. The van der Waals surface area contributed by atoms with Crippen molar-refractivity contribution in [2.45, 2.75) is 58.8 Å². The van der Waals surface area contributed by atoms with Crippen LogP contribution in [0.2, 0.25) is 0 Å². The normalized spacial score (nSPS) is 18.1. The van der Waals surface area contributed by atoms with Crippen molar-refractivity contribution in [2.24, 2.45) is 0 Å². The lowest BCUT2D eigenvalue weighted by Crippen LogP contribution is -2.32. The minimum atomic E-state index is 0.0423. The van der Waals surface area contributed by atoms with Crippen molar-refractivity contribution >= 4 is 9.52 Å². The van der Waals surface area contributed by atoms with Crippen LogP contribution in [0, 0.1) is 0 Å². The summed E-state index contributed by atoms with van der Waals surface area (Å²) in [6.07, 6.45) is 11.1. The molecule has 0 amide bonds. The van der Waals surface area contributed by atoms with Gasteiger partial charge in [-0.2, -0.15) is 0 Å². The first-order valence-corrected chi connectivity index (χ1v) is 9.08. The van der Waals surface area contributed by atoms with Crippen molar-refractivity contribution in [3.8, 4) is 0 Å². The molecule has 0 aromatic carbocycles. The van der Waals surface area contributed by atoms with E-state index in [0.29, 0.717) is 0 Å². The van der Waals surface area contributed by atoms with Crippen LogP contribution in [0.3, 0.4) is 0 Å². The molecule has 1 saturated heterocycles. The third-order valence-electron chi connectivity index (χ3n) is 3.47. The van der Waals surface area contributed by atoms with E-state index in [1.807, 2.05) is 0 Å². The van der Waals surface area contributed by atoms with Gasteiger partial charge in [-0.05, 0) is 44.9 Å². The van der Waals surface area contributed by atoms with Crippen LogP contribution in [0.4, 0.5) is 0 Å². The number of rotatable bonds is 7. The molecule has 1 fully saturated rings. The van der Waals surface area contributed by atoms with E-state index in [1.165, 1.54) is 64.2 Å². The second kappa shape index (κ2) is 9.00. The van der Waals surface area contributed by atoms with Crippen LogP contribution < -0.4 is 0 Å². The smallest absolute Gasteiger partial charge is 0.0611 e. The molecule has 0 saturated carbocycles.